The van der Waals surface area contributed by atoms with Crippen LogP contribution < -0.4 is 4.74 Å². The maximum atomic E-state index is 9.86. The topological polar surface area (TPSA) is 94.2 Å². The quantitative estimate of drug-likeness (QED) is 0.777. The Balaban J connectivity index is 2.01. The van der Waals surface area contributed by atoms with Crippen LogP contribution in [0.25, 0.3) is 23.0 Å². The molecule has 0 saturated carbocycles. The van der Waals surface area contributed by atoms with Gasteiger partial charge in [-0.15, -0.1) is 0 Å². The van der Waals surface area contributed by atoms with Crippen LogP contribution in [0.15, 0.2) is 39.6 Å². The van der Waals surface area contributed by atoms with Crippen LogP contribution in [0.2, 0.25) is 0 Å². The van der Waals surface area contributed by atoms with E-state index in [1.165, 1.54) is 19.5 Å². The number of methoxy groups -OCH3 is 1. The summed E-state index contributed by atoms with van der Waals surface area (Å²) in [6.45, 7) is 0. The number of halogens is 1. The molecule has 2 aromatic heterocycles. The van der Waals surface area contributed by atoms with Crippen molar-refractivity contribution in [2.75, 3.05) is 7.11 Å². The zero-order chi connectivity index (χ0) is 14.8. The Morgan fingerprint density at radius 1 is 1.24 bits per heavy atom. The molecule has 0 aliphatic heterocycles. The van der Waals surface area contributed by atoms with Crippen molar-refractivity contribution in [3.8, 4) is 34.6 Å². The van der Waals surface area contributed by atoms with Gasteiger partial charge in [-0.3, -0.25) is 0 Å². The first-order valence-corrected chi connectivity index (χ1v) is 6.65. The molecule has 1 N–H and O–H groups in total. The predicted molar refractivity (Wildman–Crippen MR) is 76.7 cm³/mol. The van der Waals surface area contributed by atoms with Crippen molar-refractivity contribution >= 4 is 15.9 Å². The number of aromatic hydroxyl groups is 1. The Hall–Kier alpha value is -2.48. The molecule has 3 rings (SSSR count). The molecule has 0 radical (unpaired) electrons. The molecule has 21 heavy (non-hydrogen) atoms. The average Bonchev–Trinajstić information content (AvgIpc) is 2.99. The van der Waals surface area contributed by atoms with Gasteiger partial charge in [-0.1, -0.05) is 21.1 Å². The SMILES string of the molecule is COc1cc(-c2noc(-c3cc(Br)ccc3O)n2)ncn1. The zero-order valence-electron chi connectivity index (χ0n) is 10.8. The van der Waals surface area contributed by atoms with Crippen LogP contribution in [0.1, 0.15) is 0 Å². The van der Waals surface area contributed by atoms with Gasteiger partial charge in [0.05, 0.1) is 12.7 Å². The largest absolute Gasteiger partial charge is 0.507 e. The van der Waals surface area contributed by atoms with Gasteiger partial charge in [0.1, 0.15) is 17.8 Å². The minimum Gasteiger partial charge on any atom is -0.507 e. The van der Waals surface area contributed by atoms with Crippen LogP contribution in [0.4, 0.5) is 0 Å². The molecule has 0 amide bonds. The van der Waals surface area contributed by atoms with E-state index in [4.69, 9.17) is 9.26 Å². The Morgan fingerprint density at radius 2 is 2.10 bits per heavy atom. The second-order valence-electron chi connectivity index (χ2n) is 4.03. The lowest BCUT2D eigenvalue weighted by molar-refractivity contribution is 0.397. The fourth-order valence-electron chi connectivity index (χ4n) is 1.69. The molecular formula is C13H9BrN4O3. The van der Waals surface area contributed by atoms with Gasteiger partial charge in [-0.2, -0.15) is 4.98 Å². The molecule has 0 fully saturated rings. The fraction of sp³-hybridized carbons (Fsp3) is 0.0769. The van der Waals surface area contributed by atoms with Crippen LogP contribution in [-0.4, -0.2) is 32.3 Å². The van der Waals surface area contributed by atoms with Crippen molar-refractivity contribution in [1.29, 1.82) is 0 Å². The van der Waals surface area contributed by atoms with E-state index in [0.717, 1.165) is 4.47 Å². The molecule has 0 aliphatic rings. The van der Waals surface area contributed by atoms with Crippen molar-refractivity contribution in [3.63, 3.8) is 0 Å². The van der Waals surface area contributed by atoms with Crippen molar-refractivity contribution in [2.45, 2.75) is 0 Å². The molecule has 106 valence electrons. The molecule has 1 aromatic carbocycles. The monoisotopic (exact) mass is 348 g/mol. The third-order valence-corrected chi connectivity index (χ3v) is 3.19. The van der Waals surface area contributed by atoms with E-state index in [1.54, 1.807) is 18.2 Å². The second kappa shape index (κ2) is 5.49. The normalized spacial score (nSPS) is 10.6. The van der Waals surface area contributed by atoms with Crippen molar-refractivity contribution in [2.24, 2.45) is 0 Å². The molecule has 0 unspecified atom stereocenters. The van der Waals surface area contributed by atoms with Gasteiger partial charge >= 0.3 is 0 Å². The van der Waals surface area contributed by atoms with Gasteiger partial charge in [0.15, 0.2) is 0 Å². The lowest BCUT2D eigenvalue weighted by atomic mass is 10.2. The molecule has 0 atom stereocenters. The molecule has 8 heteroatoms. The highest BCUT2D eigenvalue weighted by atomic mass is 79.9. The minimum atomic E-state index is 0.0497. The van der Waals surface area contributed by atoms with E-state index in [0.29, 0.717) is 17.1 Å². The van der Waals surface area contributed by atoms with Gasteiger partial charge in [0.25, 0.3) is 5.89 Å². The summed E-state index contributed by atoms with van der Waals surface area (Å²) in [5.41, 5.74) is 0.899. The summed E-state index contributed by atoms with van der Waals surface area (Å²) >= 11 is 3.33. The molecule has 2 heterocycles. The van der Waals surface area contributed by atoms with Crippen molar-refractivity contribution < 1.29 is 14.4 Å². The van der Waals surface area contributed by atoms with E-state index in [9.17, 15) is 5.11 Å². The second-order valence-corrected chi connectivity index (χ2v) is 4.95. The zero-order valence-corrected chi connectivity index (χ0v) is 12.4. The Morgan fingerprint density at radius 3 is 2.90 bits per heavy atom. The summed E-state index contributed by atoms with van der Waals surface area (Å²) in [5.74, 6) is 0.928. The molecule has 7 nitrogen and oxygen atoms in total. The first kappa shape index (κ1) is 13.5. The van der Waals surface area contributed by atoms with E-state index in [1.807, 2.05) is 0 Å². The number of phenolic OH excluding ortho intramolecular Hbond substituents is 1. The average molecular weight is 349 g/mol. The summed E-state index contributed by atoms with van der Waals surface area (Å²) in [5, 5.41) is 13.7. The molecular weight excluding hydrogens is 340 g/mol. The summed E-state index contributed by atoms with van der Waals surface area (Å²) < 4.78 is 11.0. The van der Waals surface area contributed by atoms with Gasteiger partial charge < -0.3 is 14.4 Å². The van der Waals surface area contributed by atoms with Crippen LogP contribution >= 0.6 is 15.9 Å². The van der Waals surface area contributed by atoms with Gasteiger partial charge in [0.2, 0.25) is 11.7 Å². The predicted octanol–water partition coefficient (Wildman–Crippen LogP) is 2.67. The van der Waals surface area contributed by atoms with E-state index in [-0.39, 0.29) is 17.5 Å². The highest BCUT2D eigenvalue weighted by molar-refractivity contribution is 9.10. The highest BCUT2D eigenvalue weighted by Gasteiger charge is 2.15. The van der Waals surface area contributed by atoms with Crippen LogP contribution in [-0.2, 0) is 0 Å². The number of rotatable bonds is 3. The fourth-order valence-corrected chi connectivity index (χ4v) is 2.05. The number of hydrogen-bond donors (Lipinski definition) is 1. The highest BCUT2D eigenvalue weighted by Crippen LogP contribution is 2.31. The summed E-state index contributed by atoms with van der Waals surface area (Å²) in [4.78, 5) is 12.2. The van der Waals surface area contributed by atoms with Gasteiger partial charge in [-0.25, -0.2) is 9.97 Å². The maximum absolute atomic E-state index is 9.86. The third kappa shape index (κ3) is 2.70. The Bertz CT molecular complexity index is 791. The van der Waals surface area contributed by atoms with E-state index >= 15 is 0 Å². The molecule has 0 bridgehead atoms. The molecule has 0 aliphatic carbocycles. The number of aromatic nitrogens is 4. The van der Waals surface area contributed by atoms with Crippen molar-refractivity contribution in [3.05, 3.63) is 35.1 Å². The molecule has 3 aromatic rings. The van der Waals surface area contributed by atoms with Gasteiger partial charge in [-0.05, 0) is 18.2 Å². The lowest BCUT2D eigenvalue weighted by Crippen LogP contribution is -1.91. The summed E-state index contributed by atoms with van der Waals surface area (Å²) in [7, 11) is 1.51. The number of benzene rings is 1. The molecule has 0 saturated heterocycles. The van der Waals surface area contributed by atoms with Crippen LogP contribution in [0.5, 0.6) is 11.6 Å². The smallest absolute Gasteiger partial charge is 0.262 e. The standard InChI is InChI=1S/C13H9BrN4O3/c1-20-11-5-9(15-6-16-11)12-17-13(21-18-12)8-4-7(14)2-3-10(8)19/h2-6,19H,1H3. The minimum absolute atomic E-state index is 0.0497. The number of phenols is 1. The number of hydrogen-bond acceptors (Lipinski definition) is 7. The van der Waals surface area contributed by atoms with Crippen LogP contribution in [0.3, 0.4) is 0 Å². The van der Waals surface area contributed by atoms with Crippen LogP contribution in [0, 0.1) is 0 Å². The third-order valence-electron chi connectivity index (χ3n) is 2.70. The van der Waals surface area contributed by atoms with Gasteiger partial charge in [0, 0.05) is 10.5 Å². The summed E-state index contributed by atoms with van der Waals surface area (Å²) in [6.07, 6.45) is 1.35. The van der Waals surface area contributed by atoms with Crippen molar-refractivity contribution in [1.82, 2.24) is 20.1 Å². The number of nitrogens with zero attached hydrogens (tertiary/aromatic N) is 4. The maximum Gasteiger partial charge on any atom is 0.262 e. The number of ether oxygens (including phenoxy) is 1. The first-order chi connectivity index (χ1) is 10.2. The Kier molecular flexibility index (Phi) is 3.53. The first-order valence-electron chi connectivity index (χ1n) is 5.86. The lowest BCUT2D eigenvalue weighted by Gasteiger charge is -1.99. The van der Waals surface area contributed by atoms with E-state index < -0.39 is 0 Å². The Labute approximate surface area is 127 Å². The van der Waals surface area contributed by atoms with E-state index in [2.05, 4.69) is 36.0 Å². The molecule has 0 spiro atoms. The summed E-state index contributed by atoms with van der Waals surface area (Å²) in [6, 6.07) is 6.53.